The van der Waals surface area contributed by atoms with Crippen molar-refractivity contribution in [3.63, 3.8) is 0 Å². The number of hydrogen-bond donors (Lipinski definition) is 1. The van der Waals surface area contributed by atoms with E-state index in [4.69, 9.17) is 4.74 Å². The predicted octanol–water partition coefficient (Wildman–Crippen LogP) is 5.70. The molecule has 0 fully saturated rings. The number of aryl methyl sites for hydroxylation is 1. The molecule has 0 unspecified atom stereocenters. The fourth-order valence-corrected chi connectivity index (χ4v) is 4.19. The summed E-state index contributed by atoms with van der Waals surface area (Å²) in [7, 11) is 0. The second kappa shape index (κ2) is 10.1. The molecule has 0 saturated heterocycles. The summed E-state index contributed by atoms with van der Waals surface area (Å²) in [5, 5.41) is 13.8. The minimum absolute atomic E-state index is 0.0445. The third-order valence-corrected chi connectivity index (χ3v) is 5.70. The molecule has 0 saturated carbocycles. The van der Waals surface area contributed by atoms with Gasteiger partial charge in [-0.3, -0.25) is 4.79 Å². The topological polar surface area (TPSA) is 67.0 Å². The van der Waals surface area contributed by atoms with Gasteiger partial charge >= 0.3 is 0 Å². The van der Waals surface area contributed by atoms with Crippen LogP contribution in [-0.4, -0.2) is 17.1 Å². The SMILES string of the molecule is CCOc1ccc2c(C#N)c(Cc3ccc(NC(=O)Cc4ccccc4)cc3)n(CC)c2c1. The Bertz CT molecular complexity index is 1300. The molecule has 1 aromatic heterocycles. The molecule has 0 radical (unpaired) electrons. The summed E-state index contributed by atoms with van der Waals surface area (Å²) in [5.74, 6) is 0.765. The van der Waals surface area contributed by atoms with E-state index in [1.807, 2.05) is 79.7 Å². The number of carbonyl (C=O) groups is 1. The van der Waals surface area contributed by atoms with Gasteiger partial charge in [-0.05, 0) is 49.2 Å². The Morgan fingerprint density at radius 1 is 1.00 bits per heavy atom. The molecule has 0 aliphatic carbocycles. The first kappa shape index (κ1) is 22.2. The van der Waals surface area contributed by atoms with Crippen molar-refractivity contribution < 1.29 is 9.53 Å². The number of nitriles is 1. The molecule has 1 heterocycles. The monoisotopic (exact) mass is 437 g/mol. The van der Waals surface area contributed by atoms with Gasteiger partial charge < -0.3 is 14.6 Å². The number of nitrogens with one attached hydrogen (secondary N) is 1. The van der Waals surface area contributed by atoms with Gasteiger partial charge in [0.05, 0.1) is 24.1 Å². The van der Waals surface area contributed by atoms with Gasteiger partial charge in [0.1, 0.15) is 11.8 Å². The maximum Gasteiger partial charge on any atom is 0.228 e. The van der Waals surface area contributed by atoms with Crippen molar-refractivity contribution in [2.75, 3.05) is 11.9 Å². The Morgan fingerprint density at radius 2 is 1.76 bits per heavy atom. The summed E-state index contributed by atoms with van der Waals surface area (Å²) >= 11 is 0. The molecule has 5 heteroatoms. The van der Waals surface area contributed by atoms with Crippen LogP contribution in [0.5, 0.6) is 5.75 Å². The van der Waals surface area contributed by atoms with Crippen LogP contribution in [-0.2, 0) is 24.2 Å². The van der Waals surface area contributed by atoms with E-state index in [2.05, 4.69) is 22.9 Å². The van der Waals surface area contributed by atoms with E-state index < -0.39 is 0 Å². The number of hydrogen-bond acceptors (Lipinski definition) is 3. The van der Waals surface area contributed by atoms with Crippen molar-refractivity contribution in [2.45, 2.75) is 33.2 Å². The van der Waals surface area contributed by atoms with E-state index in [0.29, 0.717) is 25.0 Å². The lowest BCUT2D eigenvalue weighted by Crippen LogP contribution is -2.14. The number of ether oxygens (including phenoxy) is 1. The van der Waals surface area contributed by atoms with Crippen LogP contribution in [0.25, 0.3) is 10.9 Å². The van der Waals surface area contributed by atoms with Gasteiger partial charge in [-0.15, -0.1) is 0 Å². The molecule has 4 rings (SSSR count). The van der Waals surface area contributed by atoms with E-state index in [1.165, 1.54) is 0 Å². The molecule has 0 atom stereocenters. The van der Waals surface area contributed by atoms with Crippen molar-refractivity contribution in [3.05, 3.63) is 95.2 Å². The van der Waals surface area contributed by atoms with E-state index in [-0.39, 0.29) is 5.91 Å². The van der Waals surface area contributed by atoms with Crippen LogP contribution in [0, 0.1) is 11.3 Å². The third-order valence-electron chi connectivity index (χ3n) is 5.70. The predicted molar refractivity (Wildman–Crippen MR) is 132 cm³/mol. The van der Waals surface area contributed by atoms with Gasteiger partial charge in [0, 0.05) is 35.8 Å². The molecule has 0 aliphatic heterocycles. The maximum absolute atomic E-state index is 12.3. The highest BCUT2D eigenvalue weighted by molar-refractivity contribution is 5.92. The number of amides is 1. The highest BCUT2D eigenvalue weighted by Gasteiger charge is 2.17. The number of aromatic nitrogens is 1. The lowest BCUT2D eigenvalue weighted by atomic mass is 10.0. The molecule has 0 aliphatic rings. The van der Waals surface area contributed by atoms with Crippen molar-refractivity contribution in [2.24, 2.45) is 0 Å². The van der Waals surface area contributed by atoms with Crippen LogP contribution in [0.3, 0.4) is 0 Å². The summed E-state index contributed by atoms with van der Waals surface area (Å²) in [6, 6.07) is 25.8. The van der Waals surface area contributed by atoms with Gasteiger partial charge in [-0.2, -0.15) is 5.26 Å². The summed E-state index contributed by atoms with van der Waals surface area (Å²) in [6.07, 6.45) is 0.974. The normalized spacial score (nSPS) is 10.7. The molecule has 33 heavy (non-hydrogen) atoms. The molecule has 0 spiro atoms. The zero-order valence-corrected chi connectivity index (χ0v) is 19.0. The largest absolute Gasteiger partial charge is 0.494 e. The molecule has 5 nitrogen and oxygen atoms in total. The number of rotatable bonds is 8. The molecule has 4 aromatic rings. The Hall–Kier alpha value is -4.04. The minimum atomic E-state index is -0.0445. The molecule has 3 aromatic carbocycles. The smallest absolute Gasteiger partial charge is 0.228 e. The second-order valence-electron chi connectivity index (χ2n) is 7.87. The zero-order valence-electron chi connectivity index (χ0n) is 19.0. The molecular formula is C28H27N3O2. The lowest BCUT2D eigenvalue weighted by molar-refractivity contribution is -0.115. The number of anilines is 1. The summed E-state index contributed by atoms with van der Waals surface area (Å²) in [4.78, 5) is 12.3. The quantitative estimate of drug-likeness (QED) is 0.384. The second-order valence-corrected chi connectivity index (χ2v) is 7.87. The number of carbonyl (C=O) groups excluding carboxylic acids is 1. The first-order valence-corrected chi connectivity index (χ1v) is 11.2. The first-order valence-electron chi connectivity index (χ1n) is 11.2. The number of nitrogens with zero attached hydrogens (tertiary/aromatic N) is 2. The maximum atomic E-state index is 12.3. The summed E-state index contributed by atoms with van der Waals surface area (Å²) < 4.78 is 7.85. The van der Waals surface area contributed by atoms with Crippen molar-refractivity contribution in [3.8, 4) is 11.8 Å². The van der Waals surface area contributed by atoms with Crippen LogP contribution in [0.2, 0.25) is 0 Å². The van der Waals surface area contributed by atoms with Crippen LogP contribution in [0.1, 0.15) is 36.2 Å². The van der Waals surface area contributed by atoms with Crippen molar-refractivity contribution in [1.29, 1.82) is 5.26 Å². The van der Waals surface area contributed by atoms with Gasteiger partial charge in [0.15, 0.2) is 0 Å². The van der Waals surface area contributed by atoms with Crippen LogP contribution < -0.4 is 10.1 Å². The Morgan fingerprint density at radius 3 is 2.42 bits per heavy atom. The molecule has 0 bridgehead atoms. The molecule has 1 amide bonds. The summed E-state index contributed by atoms with van der Waals surface area (Å²) in [6.45, 7) is 5.41. The van der Waals surface area contributed by atoms with Gasteiger partial charge in [-0.1, -0.05) is 42.5 Å². The zero-order chi connectivity index (χ0) is 23.2. The highest BCUT2D eigenvalue weighted by Crippen LogP contribution is 2.31. The van der Waals surface area contributed by atoms with Crippen molar-refractivity contribution >= 4 is 22.5 Å². The number of fused-ring (bicyclic) bond motifs is 1. The van der Waals surface area contributed by atoms with Crippen LogP contribution in [0.15, 0.2) is 72.8 Å². The van der Waals surface area contributed by atoms with Gasteiger partial charge in [0.25, 0.3) is 0 Å². The Labute approximate surface area is 194 Å². The fraction of sp³-hybridized carbons (Fsp3) is 0.214. The minimum Gasteiger partial charge on any atom is -0.494 e. The average molecular weight is 438 g/mol. The standard InChI is InChI=1S/C28H27N3O2/c1-3-31-26(25(19-29)24-15-14-23(33-4-2)18-27(24)31)16-21-10-12-22(13-11-21)30-28(32)17-20-8-6-5-7-9-20/h5-15,18H,3-4,16-17H2,1-2H3,(H,30,32). The van der Waals surface area contributed by atoms with E-state index in [1.54, 1.807) is 0 Å². The van der Waals surface area contributed by atoms with E-state index in [0.717, 1.165) is 45.7 Å². The molecule has 1 N–H and O–H groups in total. The van der Waals surface area contributed by atoms with Gasteiger partial charge in [-0.25, -0.2) is 0 Å². The van der Waals surface area contributed by atoms with Crippen LogP contribution >= 0.6 is 0 Å². The average Bonchev–Trinajstić information content (AvgIpc) is 3.12. The Kier molecular flexibility index (Phi) is 6.75. The molecular weight excluding hydrogens is 410 g/mol. The van der Waals surface area contributed by atoms with Crippen LogP contribution in [0.4, 0.5) is 5.69 Å². The first-order chi connectivity index (χ1) is 16.1. The lowest BCUT2D eigenvalue weighted by Gasteiger charge is -2.10. The fourth-order valence-electron chi connectivity index (χ4n) is 4.19. The Balaban J connectivity index is 1.54. The summed E-state index contributed by atoms with van der Waals surface area (Å²) in [5.41, 5.74) is 5.53. The van der Waals surface area contributed by atoms with E-state index in [9.17, 15) is 10.1 Å². The highest BCUT2D eigenvalue weighted by atomic mass is 16.5. The third kappa shape index (κ3) is 4.91. The van der Waals surface area contributed by atoms with Gasteiger partial charge in [0.2, 0.25) is 5.91 Å². The van der Waals surface area contributed by atoms with Crippen molar-refractivity contribution in [1.82, 2.24) is 4.57 Å². The number of benzene rings is 3. The molecule has 166 valence electrons. The van der Waals surface area contributed by atoms with E-state index >= 15 is 0 Å².